The van der Waals surface area contributed by atoms with Gasteiger partial charge in [-0.05, 0) is 32.1 Å². The van der Waals surface area contributed by atoms with E-state index >= 15 is 0 Å². The van der Waals surface area contributed by atoms with Gasteiger partial charge in [0.2, 0.25) is 0 Å². The van der Waals surface area contributed by atoms with E-state index in [-0.39, 0.29) is 5.69 Å². The van der Waals surface area contributed by atoms with Crippen molar-refractivity contribution in [2.45, 2.75) is 45.6 Å². The third-order valence-electron chi connectivity index (χ3n) is 2.95. The Kier molecular flexibility index (Phi) is 3.05. The van der Waals surface area contributed by atoms with Gasteiger partial charge in [-0.3, -0.25) is 9.55 Å². The molecule has 3 nitrogen and oxygen atoms in total. The van der Waals surface area contributed by atoms with E-state index in [1.54, 1.807) is 0 Å². The Morgan fingerprint density at radius 2 is 2.13 bits per heavy atom. The van der Waals surface area contributed by atoms with Gasteiger partial charge in [0.1, 0.15) is 4.64 Å². The molecule has 0 saturated carbocycles. The molecule has 82 valence electrons. The number of nitrogens with one attached hydrogen (secondary N) is 1. The molecule has 0 aromatic carbocycles. The number of aromatic nitrogens is 2. The highest BCUT2D eigenvalue weighted by molar-refractivity contribution is 7.71. The Labute approximate surface area is 94.1 Å². The smallest absolute Gasteiger partial charge is 0.298 e. The second-order valence-corrected chi connectivity index (χ2v) is 4.45. The summed E-state index contributed by atoms with van der Waals surface area (Å²) in [5, 5.41) is 0. The van der Waals surface area contributed by atoms with Gasteiger partial charge in [0.25, 0.3) is 0 Å². The standard InChI is InChI=1S/C11H16N2OS/c1-2-7-13-9-6-4-3-5-8(9)10(15)12-11(13)14/h2-7H2,1H3,(H,12,14,15). The summed E-state index contributed by atoms with van der Waals surface area (Å²) in [7, 11) is 0. The Balaban J connectivity index is 2.63. The van der Waals surface area contributed by atoms with Crippen LogP contribution in [-0.4, -0.2) is 9.55 Å². The number of rotatable bonds is 2. The molecule has 0 unspecified atom stereocenters. The van der Waals surface area contributed by atoms with Gasteiger partial charge >= 0.3 is 5.69 Å². The van der Waals surface area contributed by atoms with Gasteiger partial charge in [-0.2, -0.15) is 0 Å². The molecule has 15 heavy (non-hydrogen) atoms. The van der Waals surface area contributed by atoms with Gasteiger partial charge in [0, 0.05) is 17.8 Å². The van der Waals surface area contributed by atoms with E-state index in [1.807, 2.05) is 4.57 Å². The Morgan fingerprint density at radius 3 is 2.87 bits per heavy atom. The first kappa shape index (κ1) is 10.6. The maximum atomic E-state index is 11.7. The molecule has 1 aromatic rings. The first-order valence-electron chi connectivity index (χ1n) is 5.59. The fraction of sp³-hybridized carbons (Fsp3) is 0.636. The summed E-state index contributed by atoms with van der Waals surface area (Å²) in [5.74, 6) is 0. The molecule has 1 N–H and O–H groups in total. The predicted molar refractivity (Wildman–Crippen MR) is 62.8 cm³/mol. The summed E-state index contributed by atoms with van der Waals surface area (Å²) in [6.45, 7) is 2.89. The third kappa shape index (κ3) is 1.91. The van der Waals surface area contributed by atoms with Crippen LogP contribution in [0.5, 0.6) is 0 Å². The van der Waals surface area contributed by atoms with Crippen molar-refractivity contribution in [3.63, 3.8) is 0 Å². The van der Waals surface area contributed by atoms with Gasteiger partial charge in [-0.15, -0.1) is 0 Å². The van der Waals surface area contributed by atoms with E-state index in [9.17, 15) is 4.79 Å². The summed E-state index contributed by atoms with van der Waals surface area (Å²) in [6, 6.07) is 0. The SMILES string of the molecule is CCCn1c2c(c(=S)[nH]c1=O)CCCC2. The summed E-state index contributed by atoms with van der Waals surface area (Å²) in [4.78, 5) is 14.5. The van der Waals surface area contributed by atoms with Crippen LogP contribution in [0.3, 0.4) is 0 Å². The highest BCUT2D eigenvalue weighted by Gasteiger charge is 2.15. The molecule has 0 saturated heterocycles. The van der Waals surface area contributed by atoms with Crippen molar-refractivity contribution in [1.29, 1.82) is 0 Å². The molecule has 0 aliphatic heterocycles. The number of hydrogen-bond donors (Lipinski definition) is 1. The van der Waals surface area contributed by atoms with Gasteiger partial charge in [0.05, 0.1) is 0 Å². The second-order valence-electron chi connectivity index (χ2n) is 4.04. The average Bonchev–Trinajstić information content (AvgIpc) is 2.24. The van der Waals surface area contributed by atoms with Gasteiger partial charge in [0.15, 0.2) is 0 Å². The fourth-order valence-corrected chi connectivity index (χ4v) is 2.56. The van der Waals surface area contributed by atoms with Crippen LogP contribution in [0.15, 0.2) is 4.79 Å². The van der Waals surface area contributed by atoms with E-state index in [2.05, 4.69) is 11.9 Å². The average molecular weight is 224 g/mol. The van der Waals surface area contributed by atoms with Crippen molar-refractivity contribution < 1.29 is 0 Å². The van der Waals surface area contributed by atoms with Crippen molar-refractivity contribution in [3.05, 3.63) is 26.4 Å². The van der Waals surface area contributed by atoms with E-state index < -0.39 is 0 Å². The van der Waals surface area contributed by atoms with Crippen LogP contribution in [0.25, 0.3) is 0 Å². The van der Waals surface area contributed by atoms with Crippen LogP contribution in [0.1, 0.15) is 37.4 Å². The zero-order valence-electron chi connectivity index (χ0n) is 9.01. The molecule has 1 aliphatic rings. The minimum atomic E-state index is -0.0394. The van der Waals surface area contributed by atoms with E-state index in [1.165, 1.54) is 24.1 Å². The third-order valence-corrected chi connectivity index (χ3v) is 3.30. The second kappa shape index (κ2) is 4.31. The molecule has 0 fully saturated rings. The number of aromatic amines is 1. The number of nitrogens with zero attached hydrogens (tertiary/aromatic N) is 1. The van der Waals surface area contributed by atoms with Gasteiger partial charge < -0.3 is 0 Å². The summed E-state index contributed by atoms with van der Waals surface area (Å²) >= 11 is 5.20. The normalized spacial score (nSPS) is 15.0. The highest BCUT2D eigenvalue weighted by Crippen LogP contribution is 2.20. The lowest BCUT2D eigenvalue weighted by Gasteiger charge is -2.20. The molecule has 0 atom stereocenters. The van der Waals surface area contributed by atoms with E-state index in [4.69, 9.17) is 12.2 Å². The Morgan fingerprint density at radius 1 is 1.40 bits per heavy atom. The van der Waals surface area contributed by atoms with Crippen molar-refractivity contribution in [2.75, 3.05) is 0 Å². The van der Waals surface area contributed by atoms with Crippen LogP contribution in [0.2, 0.25) is 0 Å². The lowest BCUT2D eigenvalue weighted by molar-refractivity contribution is 0.549. The molecular weight excluding hydrogens is 208 g/mol. The molecule has 0 amide bonds. The molecule has 1 aliphatic carbocycles. The van der Waals surface area contributed by atoms with Crippen molar-refractivity contribution in [3.8, 4) is 0 Å². The molecule has 1 heterocycles. The van der Waals surface area contributed by atoms with Crippen LogP contribution < -0.4 is 5.69 Å². The molecular formula is C11H16N2OS. The molecule has 0 bridgehead atoms. The van der Waals surface area contributed by atoms with E-state index in [0.29, 0.717) is 4.64 Å². The zero-order valence-corrected chi connectivity index (χ0v) is 9.82. The monoisotopic (exact) mass is 224 g/mol. The van der Waals surface area contributed by atoms with E-state index in [0.717, 1.165) is 25.8 Å². The number of hydrogen-bond acceptors (Lipinski definition) is 2. The lowest BCUT2D eigenvalue weighted by atomic mass is 9.97. The number of fused-ring (bicyclic) bond motifs is 1. The Bertz CT molecular complexity index is 472. The lowest BCUT2D eigenvalue weighted by Crippen LogP contribution is -2.29. The zero-order chi connectivity index (χ0) is 10.8. The minimum absolute atomic E-state index is 0.0394. The quantitative estimate of drug-likeness (QED) is 0.782. The minimum Gasteiger partial charge on any atom is -0.298 e. The van der Waals surface area contributed by atoms with Crippen molar-refractivity contribution >= 4 is 12.2 Å². The fourth-order valence-electron chi connectivity index (χ4n) is 2.25. The molecule has 0 radical (unpaired) electrons. The number of H-pyrrole nitrogens is 1. The Hall–Kier alpha value is -0.900. The molecule has 1 aromatic heterocycles. The van der Waals surface area contributed by atoms with Crippen LogP contribution in [0, 0.1) is 4.64 Å². The first-order chi connectivity index (χ1) is 7.24. The van der Waals surface area contributed by atoms with Crippen LogP contribution in [0.4, 0.5) is 0 Å². The van der Waals surface area contributed by atoms with Crippen LogP contribution in [-0.2, 0) is 19.4 Å². The molecule has 0 spiro atoms. The van der Waals surface area contributed by atoms with Crippen LogP contribution >= 0.6 is 12.2 Å². The molecule has 2 rings (SSSR count). The molecule has 4 heteroatoms. The van der Waals surface area contributed by atoms with Gasteiger partial charge in [-0.1, -0.05) is 19.1 Å². The van der Waals surface area contributed by atoms with Gasteiger partial charge in [-0.25, -0.2) is 4.79 Å². The maximum absolute atomic E-state index is 11.7. The predicted octanol–water partition coefficient (Wildman–Crippen LogP) is 2.19. The maximum Gasteiger partial charge on any atom is 0.326 e. The highest BCUT2D eigenvalue weighted by atomic mass is 32.1. The topological polar surface area (TPSA) is 37.8 Å². The largest absolute Gasteiger partial charge is 0.326 e. The summed E-state index contributed by atoms with van der Waals surface area (Å²) < 4.78 is 2.52. The first-order valence-corrected chi connectivity index (χ1v) is 5.99. The summed E-state index contributed by atoms with van der Waals surface area (Å²) in [6.07, 6.45) is 5.37. The summed E-state index contributed by atoms with van der Waals surface area (Å²) in [5.41, 5.74) is 2.34. The van der Waals surface area contributed by atoms with Crippen molar-refractivity contribution in [2.24, 2.45) is 0 Å². The van der Waals surface area contributed by atoms with Crippen molar-refractivity contribution in [1.82, 2.24) is 9.55 Å².